The van der Waals surface area contributed by atoms with Crippen LogP contribution in [-0.4, -0.2) is 21.6 Å². The average molecular weight is 329 g/mol. The largest absolute Gasteiger partial charge is 0.419 e. The smallest absolute Gasteiger partial charge is 0.414 e. The molecule has 19 heavy (non-hydrogen) atoms. The second-order valence-corrected chi connectivity index (χ2v) is 7.22. The highest BCUT2D eigenvalue weighted by molar-refractivity contribution is 6.76. The van der Waals surface area contributed by atoms with Gasteiger partial charge in [0.05, 0.1) is 0 Å². The summed E-state index contributed by atoms with van der Waals surface area (Å²) in [6.07, 6.45) is 0.904. The zero-order valence-electron chi connectivity index (χ0n) is 10.3. The first-order valence-corrected chi connectivity index (χ1v) is 6.46. The van der Waals surface area contributed by atoms with Crippen LogP contribution in [0.2, 0.25) is 0 Å². The molecule has 0 aromatic carbocycles. The van der Waals surface area contributed by atoms with E-state index in [-0.39, 0.29) is 17.0 Å². The van der Waals surface area contributed by atoms with Crippen molar-refractivity contribution in [2.24, 2.45) is 5.41 Å². The number of carbonyl (C=O) groups is 3. The molecule has 1 rings (SSSR count). The minimum atomic E-state index is -2.25. The monoisotopic (exact) mass is 327 g/mol. The lowest BCUT2D eigenvalue weighted by molar-refractivity contribution is -0.119. The molecule has 1 N–H and O–H groups in total. The number of imide groups is 1. The van der Waals surface area contributed by atoms with Crippen molar-refractivity contribution in [3.05, 3.63) is 11.8 Å². The third-order valence-electron chi connectivity index (χ3n) is 2.32. The summed E-state index contributed by atoms with van der Waals surface area (Å²) in [5.41, 5.74) is -0.305. The standard InChI is InChI=1S/C11H12Cl3NO4/c1-10(2)4-6(16)3-7(5-10)19-9(18)15-8(17)11(12,13)14/h3H,4-5H2,1-2H3,(H,15,17,18). The molecular weight excluding hydrogens is 316 g/mol. The number of alkyl carbamates (subject to hydrolysis) is 1. The minimum Gasteiger partial charge on any atom is -0.414 e. The van der Waals surface area contributed by atoms with Crippen molar-refractivity contribution in [2.45, 2.75) is 30.5 Å². The van der Waals surface area contributed by atoms with E-state index in [1.807, 2.05) is 13.8 Å². The van der Waals surface area contributed by atoms with Gasteiger partial charge in [0, 0.05) is 18.9 Å². The van der Waals surface area contributed by atoms with E-state index in [4.69, 9.17) is 39.5 Å². The second kappa shape index (κ2) is 5.69. The number of halogens is 3. The molecule has 0 fully saturated rings. The summed E-state index contributed by atoms with van der Waals surface area (Å²) in [4.78, 5) is 34.1. The molecule has 0 saturated heterocycles. The molecule has 2 amide bonds. The van der Waals surface area contributed by atoms with Crippen molar-refractivity contribution in [3.63, 3.8) is 0 Å². The molecule has 106 valence electrons. The van der Waals surface area contributed by atoms with Crippen molar-refractivity contribution in [1.29, 1.82) is 0 Å². The first-order valence-electron chi connectivity index (χ1n) is 5.33. The highest BCUT2D eigenvalue weighted by Gasteiger charge is 2.34. The van der Waals surface area contributed by atoms with E-state index in [1.54, 1.807) is 5.32 Å². The second-order valence-electron chi connectivity index (χ2n) is 4.94. The van der Waals surface area contributed by atoms with Crippen LogP contribution in [0.5, 0.6) is 0 Å². The van der Waals surface area contributed by atoms with Gasteiger partial charge < -0.3 is 4.74 Å². The fraction of sp³-hybridized carbons (Fsp3) is 0.545. The molecule has 0 radical (unpaired) electrons. The van der Waals surface area contributed by atoms with Gasteiger partial charge in [-0.1, -0.05) is 48.7 Å². The van der Waals surface area contributed by atoms with Crippen molar-refractivity contribution in [2.75, 3.05) is 0 Å². The first-order chi connectivity index (χ1) is 8.49. The number of alkyl halides is 3. The van der Waals surface area contributed by atoms with Crippen LogP contribution in [0.15, 0.2) is 11.8 Å². The third-order valence-corrected chi connectivity index (χ3v) is 2.84. The van der Waals surface area contributed by atoms with E-state index in [9.17, 15) is 14.4 Å². The van der Waals surface area contributed by atoms with E-state index in [0.29, 0.717) is 12.8 Å². The van der Waals surface area contributed by atoms with Gasteiger partial charge in [0.15, 0.2) is 5.78 Å². The van der Waals surface area contributed by atoms with E-state index in [0.717, 1.165) is 0 Å². The summed E-state index contributed by atoms with van der Waals surface area (Å²) in [6, 6.07) is 0. The summed E-state index contributed by atoms with van der Waals surface area (Å²) < 4.78 is 2.60. The Hall–Kier alpha value is -0.780. The Kier molecular flexibility index (Phi) is 4.87. The van der Waals surface area contributed by atoms with Crippen LogP contribution in [0.1, 0.15) is 26.7 Å². The van der Waals surface area contributed by atoms with Gasteiger partial charge in [-0.05, 0) is 5.41 Å². The van der Waals surface area contributed by atoms with Gasteiger partial charge in [0.25, 0.3) is 9.70 Å². The predicted octanol–water partition coefficient (Wildman–Crippen LogP) is 2.88. The Morgan fingerprint density at radius 3 is 2.37 bits per heavy atom. The Morgan fingerprint density at radius 2 is 1.89 bits per heavy atom. The summed E-state index contributed by atoms with van der Waals surface area (Å²) in [6.45, 7) is 3.73. The minimum absolute atomic E-state index is 0.147. The van der Waals surface area contributed by atoms with E-state index in [2.05, 4.69) is 0 Å². The van der Waals surface area contributed by atoms with Crippen molar-refractivity contribution in [3.8, 4) is 0 Å². The number of amides is 2. The Bertz CT molecular complexity index is 451. The molecule has 1 aliphatic rings. The summed E-state index contributed by atoms with van der Waals surface area (Å²) in [5.74, 6) is -1.09. The molecule has 1 aliphatic carbocycles. The molecule has 0 heterocycles. The molecule has 0 aliphatic heterocycles. The van der Waals surface area contributed by atoms with Gasteiger partial charge >= 0.3 is 6.09 Å². The van der Waals surface area contributed by atoms with Crippen LogP contribution in [0.3, 0.4) is 0 Å². The summed E-state index contributed by atoms with van der Waals surface area (Å²) in [5, 5.41) is 1.76. The topological polar surface area (TPSA) is 72.5 Å². The molecular formula is C11H12Cl3NO4. The molecule has 5 nitrogen and oxygen atoms in total. The van der Waals surface area contributed by atoms with Crippen molar-refractivity contribution < 1.29 is 19.1 Å². The number of ketones is 1. The van der Waals surface area contributed by atoms with Crippen molar-refractivity contribution >= 4 is 52.6 Å². The Morgan fingerprint density at radius 1 is 1.32 bits per heavy atom. The Labute approximate surface area is 125 Å². The summed E-state index contributed by atoms with van der Waals surface area (Å²) in [7, 11) is 0. The lowest BCUT2D eigenvalue weighted by Crippen LogP contribution is -2.39. The Balaban J connectivity index is 2.63. The van der Waals surface area contributed by atoms with Gasteiger partial charge in [-0.25, -0.2) is 4.79 Å². The molecule has 0 unspecified atom stereocenters. The zero-order chi connectivity index (χ0) is 14.8. The van der Waals surface area contributed by atoms with Crippen LogP contribution >= 0.6 is 34.8 Å². The van der Waals surface area contributed by atoms with Gasteiger partial charge in [-0.3, -0.25) is 14.9 Å². The van der Waals surface area contributed by atoms with Gasteiger partial charge in [-0.15, -0.1) is 0 Å². The fourth-order valence-electron chi connectivity index (χ4n) is 1.66. The molecule has 0 aromatic heterocycles. The molecule has 8 heteroatoms. The predicted molar refractivity (Wildman–Crippen MR) is 71.0 cm³/mol. The maximum Gasteiger partial charge on any atom is 0.419 e. The number of nitrogens with one attached hydrogen (secondary N) is 1. The molecule has 0 atom stereocenters. The number of allylic oxidation sites excluding steroid dienone is 2. The molecule has 0 spiro atoms. The van der Waals surface area contributed by atoms with Crippen LogP contribution in [-0.2, 0) is 14.3 Å². The van der Waals surface area contributed by atoms with Crippen LogP contribution in [0.25, 0.3) is 0 Å². The summed E-state index contributed by atoms with van der Waals surface area (Å²) >= 11 is 15.8. The molecule has 0 saturated carbocycles. The lowest BCUT2D eigenvalue weighted by Gasteiger charge is -2.27. The highest BCUT2D eigenvalue weighted by Crippen LogP contribution is 2.34. The van der Waals surface area contributed by atoms with Gasteiger partial charge in [0.1, 0.15) is 5.76 Å². The van der Waals surface area contributed by atoms with Crippen LogP contribution < -0.4 is 5.32 Å². The maximum atomic E-state index is 11.4. The van der Waals surface area contributed by atoms with Crippen LogP contribution in [0, 0.1) is 5.41 Å². The first kappa shape index (κ1) is 16.3. The number of hydrogen-bond acceptors (Lipinski definition) is 4. The van der Waals surface area contributed by atoms with E-state index < -0.39 is 15.8 Å². The molecule has 0 aromatic rings. The lowest BCUT2D eigenvalue weighted by atomic mass is 9.79. The van der Waals surface area contributed by atoms with Crippen molar-refractivity contribution in [1.82, 2.24) is 5.32 Å². The van der Waals surface area contributed by atoms with Crippen LogP contribution in [0.4, 0.5) is 4.79 Å². The third kappa shape index (κ3) is 5.38. The highest BCUT2D eigenvalue weighted by atomic mass is 35.6. The maximum absolute atomic E-state index is 11.4. The number of carbonyl (C=O) groups excluding carboxylic acids is 3. The quantitative estimate of drug-likeness (QED) is 0.751. The van der Waals surface area contributed by atoms with E-state index in [1.165, 1.54) is 6.08 Å². The zero-order valence-corrected chi connectivity index (χ0v) is 12.5. The van der Waals surface area contributed by atoms with Gasteiger partial charge in [0.2, 0.25) is 0 Å². The molecule has 0 bridgehead atoms. The van der Waals surface area contributed by atoms with E-state index >= 15 is 0 Å². The fourth-order valence-corrected chi connectivity index (χ4v) is 1.80. The SMILES string of the molecule is CC1(C)CC(=O)C=C(OC(=O)NC(=O)C(Cl)(Cl)Cl)C1. The van der Waals surface area contributed by atoms with Gasteiger partial charge in [-0.2, -0.15) is 0 Å². The number of ether oxygens (including phenoxy) is 1. The number of rotatable bonds is 1. The normalized spacial score (nSPS) is 18.6. The number of hydrogen-bond donors (Lipinski definition) is 1. The average Bonchev–Trinajstić information content (AvgIpc) is 2.11.